The Morgan fingerprint density at radius 3 is 3.00 bits per heavy atom. The van der Waals surface area contributed by atoms with Crippen molar-refractivity contribution in [3.63, 3.8) is 0 Å². The van der Waals surface area contributed by atoms with Crippen LogP contribution in [0.3, 0.4) is 0 Å². The van der Waals surface area contributed by atoms with Crippen LogP contribution in [0.25, 0.3) is 0 Å². The van der Waals surface area contributed by atoms with Crippen molar-refractivity contribution in [2.75, 3.05) is 6.61 Å². The SMILES string of the molecule is C=CCC(NN)C1CCOC1C. The van der Waals surface area contributed by atoms with Crippen molar-refractivity contribution in [1.29, 1.82) is 0 Å². The molecule has 0 aromatic rings. The molecular formula is C9H18N2O. The highest BCUT2D eigenvalue weighted by Crippen LogP contribution is 2.25. The van der Waals surface area contributed by atoms with Gasteiger partial charge in [-0.15, -0.1) is 6.58 Å². The number of hydrogen-bond donors (Lipinski definition) is 2. The number of hydrazine groups is 1. The minimum atomic E-state index is 0.319. The standard InChI is InChI=1S/C9H18N2O/c1-3-4-9(11-10)8-5-6-12-7(8)2/h3,7-9,11H,1,4-6,10H2,2H3. The normalized spacial score (nSPS) is 31.8. The summed E-state index contributed by atoms with van der Waals surface area (Å²) in [5.41, 5.74) is 2.82. The second-order valence-corrected chi connectivity index (χ2v) is 3.33. The van der Waals surface area contributed by atoms with Gasteiger partial charge in [-0.2, -0.15) is 0 Å². The summed E-state index contributed by atoms with van der Waals surface area (Å²) in [6.07, 6.45) is 4.24. The van der Waals surface area contributed by atoms with Gasteiger partial charge in [-0.25, -0.2) is 0 Å². The smallest absolute Gasteiger partial charge is 0.0591 e. The van der Waals surface area contributed by atoms with Crippen molar-refractivity contribution >= 4 is 0 Å². The second kappa shape index (κ2) is 4.60. The Bertz CT molecular complexity index is 149. The Morgan fingerprint density at radius 2 is 2.58 bits per heavy atom. The van der Waals surface area contributed by atoms with Crippen molar-refractivity contribution < 1.29 is 4.74 Å². The maximum Gasteiger partial charge on any atom is 0.0591 e. The minimum Gasteiger partial charge on any atom is -0.378 e. The topological polar surface area (TPSA) is 47.3 Å². The van der Waals surface area contributed by atoms with Gasteiger partial charge in [-0.1, -0.05) is 6.08 Å². The molecule has 3 atom stereocenters. The van der Waals surface area contributed by atoms with Crippen molar-refractivity contribution in [1.82, 2.24) is 5.43 Å². The van der Waals surface area contributed by atoms with Crippen LogP contribution in [0.4, 0.5) is 0 Å². The number of hydrogen-bond acceptors (Lipinski definition) is 3. The average Bonchev–Trinajstić information content (AvgIpc) is 2.47. The van der Waals surface area contributed by atoms with E-state index in [9.17, 15) is 0 Å². The molecule has 1 heterocycles. The largest absolute Gasteiger partial charge is 0.378 e. The Kier molecular flexibility index (Phi) is 3.72. The molecule has 0 spiro atoms. The predicted molar refractivity (Wildman–Crippen MR) is 49.4 cm³/mol. The summed E-state index contributed by atoms with van der Waals surface area (Å²) in [4.78, 5) is 0. The minimum absolute atomic E-state index is 0.319. The van der Waals surface area contributed by atoms with Gasteiger partial charge in [0, 0.05) is 18.6 Å². The third-order valence-electron chi connectivity index (χ3n) is 2.59. The fourth-order valence-corrected chi connectivity index (χ4v) is 1.82. The van der Waals surface area contributed by atoms with Crippen molar-refractivity contribution in [2.24, 2.45) is 11.8 Å². The van der Waals surface area contributed by atoms with Crippen LogP contribution in [0.1, 0.15) is 19.8 Å². The molecule has 1 rings (SSSR count). The van der Waals surface area contributed by atoms with E-state index in [1.54, 1.807) is 0 Å². The second-order valence-electron chi connectivity index (χ2n) is 3.33. The summed E-state index contributed by atoms with van der Waals surface area (Å²) in [6, 6.07) is 0.319. The van der Waals surface area contributed by atoms with Crippen molar-refractivity contribution in [3.05, 3.63) is 12.7 Å². The zero-order valence-corrected chi connectivity index (χ0v) is 7.62. The van der Waals surface area contributed by atoms with Crippen molar-refractivity contribution in [3.8, 4) is 0 Å². The van der Waals surface area contributed by atoms with Crippen LogP contribution in [0, 0.1) is 5.92 Å². The highest BCUT2D eigenvalue weighted by Gasteiger charge is 2.30. The van der Waals surface area contributed by atoms with Crippen LogP contribution in [-0.2, 0) is 4.74 Å². The van der Waals surface area contributed by atoms with Gasteiger partial charge in [0.25, 0.3) is 0 Å². The molecule has 3 nitrogen and oxygen atoms in total. The van der Waals surface area contributed by atoms with E-state index >= 15 is 0 Å². The monoisotopic (exact) mass is 170 g/mol. The first-order valence-corrected chi connectivity index (χ1v) is 4.48. The summed E-state index contributed by atoms with van der Waals surface area (Å²) in [5, 5.41) is 0. The van der Waals surface area contributed by atoms with Crippen LogP contribution in [0.5, 0.6) is 0 Å². The Labute approximate surface area is 73.9 Å². The molecule has 3 N–H and O–H groups in total. The predicted octanol–water partition coefficient (Wildman–Crippen LogP) is 0.819. The van der Waals surface area contributed by atoms with Crippen LogP contribution >= 0.6 is 0 Å². The van der Waals surface area contributed by atoms with Gasteiger partial charge in [0.05, 0.1) is 6.10 Å². The van der Waals surface area contributed by atoms with E-state index in [2.05, 4.69) is 18.9 Å². The summed E-state index contributed by atoms with van der Waals surface area (Å²) in [5.74, 6) is 5.98. The lowest BCUT2D eigenvalue weighted by Gasteiger charge is -2.23. The Morgan fingerprint density at radius 1 is 1.83 bits per heavy atom. The first-order chi connectivity index (χ1) is 5.79. The number of rotatable bonds is 4. The molecule has 0 radical (unpaired) electrons. The van der Waals surface area contributed by atoms with E-state index in [-0.39, 0.29) is 0 Å². The van der Waals surface area contributed by atoms with Gasteiger partial charge < -0.3 is 4.74 Å². The third kappa shape index (κ3) is 2.06. The van der Waals surface area contributed by atoms with E-state index in [1.807, 2.05) is 6.08 Å². The molecule has 0 aliphatic carbocycles. The molecule has 0 aromatic heterocycles. The van der Waals surface area contributed by atoms with Gasteiger partial charge in [-0.3, -0.25) is 11.3 Å². The van der Waals surface area contributed by atoms with E-state index in [0.29, 0.717) is 18.1 Å². The molecule has 3 heteroatoms. The molecule has 1 saturated heterocycles. The quantitative estimate of drug-likeness (QED) is 0.373. The molecule has 0 saturated carbocycles. The molecule has 12 heavy (non-hydrogen) atoms. The molecule has 3 unspecified atom stereocenters. The number of ether oxygens (including phenoxy) is 1. The summed E-state index contributed by atoms with van der Waals surface area (Å²) in [7, 11) is 0. The lowest BCUT2D eigenvalue weighted by atomic mass is 9.92. The first-order valence-electron chi connectivity index (χ1n) is 4.48. The van der Waals surface area contributed by atoms with Gasteiger partial charge in [0.2, 0.25) is 0 Å². The maximum atomic E-state index is 5.46. The third-order valence-corrected chi connectivity index (χ3v) is 2.59. The molecular weight excluding hydrogens is 152 g/mol. The highest BCUT2D eigenvalue weighted by atomic mass is 16.5. The van der Waals surface area contributed by atoms with Crippen LogP contribution < -0.4 is 11.3 Å². The fraction of sp³-hybridized carbons (Fsp3) is 0.778. The molecule has 70 valence electrons. The van der Waals surface area contributed by atoms with Gasteiger partial charge >= 0.3 is 0 Å². The van der Waals surface area contributed by atoms with Crippen LogP contribution in [-0.4, -0.2) is 18.8 Å². The summed E-state index contributed by atoms with van der Waals surface area (Å²) < 4.78 is 5.46. The first kappa shape index (κ1) is 9.71. The molecule has 0 amide bonds. The zero-order chi connectivity index (χ0) is 8.97. The maximum absolute atomic E-state index is 5.46. The average molecular weight is 170 g/mol. The Balaban J connectivity index is 2.46. The van der Waals surface area contributed by atoms with E-state index in [1.165, 1.54) is 0 Å². The number of nitrogens with one attached hydrogen (secondary N) is 1. The lowest BCUT2D eigenvalue weighted by molar-refractivity contribution is 0.0957. The van der Waals surface area contributed by atoms with Crippen LogP contribution in [0.15, 0.2) is 12.7 Å². The van der Waals surface area contributed by atoms with E-state index < -0.39 is 0 Å². The number of nitrogens with two attached hydrogens (primary N) is 1. The molecule has 1 fully saturated rings. The Hall–Kier alpha value is -0.380. The van der Waals surface area contributed by atoms with Gasteiger partial charge in [-0.05, 0) is 19.8 Å². The lowest BCUT2D eigenvalue weighted by Crippen LogP contribution is -2.42. The van der Waals surface area contributed by atoms with Gasteiger partial charge in [0.15, 0.2) is 0 Å². The highest BCUT2D eigenvalue weighted by molar-refractivity contribution is 4.87. The van der Waals surface area contributed by atoms with E-state index in [0.717, 1.165) is 19.4 Å². The van der Waals surface area contributed by atoms with E-state index in [4.69, 9.17) is 10.6 Å². The fourth-order valence-electron chi connectivity index (χ4n) is 1.82. The van der Waals surface area contributed by atoms with Crippen LogP contribution in [0.2, 0.25) is 0 Å². The summed E-state index contributed by atoms with van der Waals surface area (Å²) in [6.45, 7) is 6.67. The zero-order valence-electron chi connectivity index (χ0n) is 7.62. The molecule has 1 aliphatic rings. The van der Waals surface area contributed by atoms with Gasteiger partial charge in [0.1, 0.15) is 0 Å². The van der Waals surface area contributed by atoms with Crippen molar-refractivity contribution in [2.45, 2.75) is 31.9 Å². The molecule has 0 aromatic carbocycles. The molecule has 1 aliphatic heterocycles. The summed E-state index contributed by atoms with van der Waals surface area (Å²) >= 11 is 0. The molecule has 0 bridgehead atoms.